The van der Waals surface area contributed by atoms with Crippen molar-refractivity contribution in [2.45, 2.75) is 46.1 Å². The van der Waals surface area contributed by atoms with Gasteiger partial charge in [0, 0.05) is 23.9 Å². The van der Waals surface area contributed by atoms with E-state index in [0.29, 0.717) is 19.4 Å². The molecule has 2 heterocycles. The predicted octanol–water partition coefficient (Wildman–Crippen LogP) is 3.73. The Morgan fingerprint density at radius 2 is 1.81 bits per heavy atom. The first-order valence-electron chi connectivity index (χ1n) is 10.9. The zero-order chi connectivity index (χ0) is 22.5. The number of aryl methyl sites for hydroxylation is 1. The fourth-order valence-corrected chi connectivity index (χ4v) is 3.77. The zero-order valence-electron chi connectivity index (χ0n) is 18.3. The molecule has 8 heteroatoms. The number of para-hydroxylation sites is 1. The second-order valence-corrected chi connectivity index (χ2v) is 7.68. The summed E-state index contributed by atoms with van der Waals surface area (Å²) in [6.07, 6.45) is 6.03. The lowest BCUT2D eigenvalue weighted by Gasteiger charge is -2.10. The van der Waals surface area contributed by atoms with Crippen molar-refractivity contribution in [3.63, 3.8) is 0 Å². The standard InChI is InChI=1S/C24H26N6O2/c1-3-5-10-23(31)29-16-20(4-2)28(24(29)32)15-18-11-13-19(14-12-18)21-8-6-7-9-22(21)30-17-25-26-27-30/h6-9,11-14,16-17H,3-5,10,15H2,1-2H3. The lowest BCUT2D eigenvalue weighted by Crippen LogP contribution is -2.29. The first-order chi connectivity index (χ1) is 15.6. The van der Waals surface area contributed by atoms with Gasteiger partial charge in [0.25, 0.3) is 0 Å². The maximum absolute atomic E-state index is 12.9. The number of nitrogens with zero attached hydrogens (tertiary/aromatic N) is 6. The number of hydrogen-bond acceptors (Lipinski definition) is 5. The van der Waals surface area contributed by atoms with E-state index in [4.69, 9.17) is 0 Å². The number of imidazole rings is 1. The Kier molecular flexibility index (Phi) is 6.39. The van der Waals surface area contributed by atoms with Gasteiger partial charge in [0.1, 0.15) is 6.33 Å². The van der Waals surface area contributed by atoms with Crippen LogP contribution in [0.2, 0.25) is 0 Å². The van der Waals surface area contributed by atoms with Crippen LogP contribution in [0, 0.1) is 0 Å². The molecule has 32 heavy (non-hydrogen) atoms. The van der Waals surface area contributed by atoms with E-state index in [1.165, 1.54) is 4.57 Å². The summed E-state index contributed by atoms with van der Waals surface area (Å²) in [6.45, 7) is 4.44. The van der Waals surface area contributed by atoms with Gasteiger partial charge in [-0.25, -0.2) is 9.36 Å². The molecule has 0 aliphatic carbocycles. The van der Waals surface area contributed by atoms with Gasteiger partial charge in [-0.15, -0.1) is 5.10 Å². The summed E-state index contributed by atoms with van der Waals surface area (Å²) >= 11 is 0. The molecule has 0 spiro atoms. The van der Waals surface area contributed by atoms with Crippen LogP contribution in [-0.2, 0) is 13.0 Å². The van der Waals surface area contributed by atoms with Gasteiger partial charge in [0.15, 0.2) is 0 Å². The fraction of sp³-hybridized carbons (Fsp3) is 0.292. The van der Waals surface area contributed by atoms with Crippen molar-refractivity contribution >= 4 is 5.91 Å². The third kappa shape index (κ3) is 4.30. The Bertz CT molecular complexity index is 1250. The molecule has 0 N–H and O–H groups in total. The molecule has 0 unspecified atom stereocenters. The van der Waals surface area contributed by atoms with Crippen molar-refractivity contribution < 1.29 is 4.79 Å². The molecular weight excluding hydrogens is 404 g/mol. The predicted molar refractivity (Wildman–Crippen MR) is 122 cm³/mol. The molecule has 4 aromatic rings. The van der Waals surface area contributed by atoms with Gasteiger partial charge in [-0.3, -0.25) is 9.36 Å². The highest BCUT2D eigenvalue weighted by molar-refractivity contribution is 5.78. The van der Waals surface area contributed by atoms with Crippen molar-refractivity contribution in [3.8, 4) is 16.8 Å². The van der Waals surface area contributed by atoms with E-state index in [0.717, 1.165) is 40.9 Å². The van der Waals surface area contributed by atoms with Gasteiger partial charge in [-0.2, -0.15) is 4.68 Å². The Morgan fingerprint density at radius 1 is 1.03 bits per heavy atom. The van der Waals surface area contributed by atoms with Crippen molar-refractivity contribution in [1.29, 1.82) is 0 Å². The highest BCUT2D eigenvalue weighted by Gasteiger charge is 2.15. The molecule has 0 aliphatic heterocycles. The van der Waals surface area contributed by atoms with Crippen LogP contribution in [0.15, 0.2) is 65.8 Å². The van der Waals surface area contributed by atoms with Crippen molar-refractivity contribution in [1.82, 2.24) is 29.3 Å². The monoisotopic (exact) mass is 430 g/mol. The maximum Gasteiger partial charge on any atom is 0.335 e. The van der Waals surface area contributed by atoms with Gasteiger partial charge in [0.2, 0.25) is 5.91 Å². The number of rotatable bonds is 8. The smallest absolute Gasteiger partial charge is 0.292 e. The minimum Gasteiger partial charge on any atom is -0.292 e. The van der Waals surface area contributed by atoms with Crippen molar-refractivity contribution in [3.05, 3.63) is 82.8 Å². The molecule has 2 aromatic carbocycles. The molecule has 0 saturated heterocycles. The Balaban J connectivity index is 1.60. The molecule has 0 radical (unpaired) electrons. The summed E-state index contributed by atoms with van der Waals surface area (Å²) in [5, 5.41) is 11.4. The molecule has 0 aliphatic rings. The molecule has 164 valence electrons. The molecule has 2 aromatic heterocycles. The highest BCUT2D eigenvalue weighted by Crippen LogP contribution is 2.26. The summed E-state index contributed by atoms with van der Waals surface area (Å²) < 4.78 is 4.59. The van der Waals surface area contributed by atoms with Crippen LogP contribution < -0.4 is 5.69 Å². The van der Waals surface area contributed by atoms with Crippen LogP contribution in [0.3, 0.4) is 0 Å². The second kappa shape index (κ2) is 9.55. The van der Waals surface area contributed by atoms with Crippen LogP contribution in [0.5, 0.6) is 0 Å². The van der Waals surface area contributed by atoms with E-state index >= 15 is 0 Å². The van der Waals surface area contributed by atoms with Crippen LogP contribution >= 0.6 is 0 Å². The average molecular weight is 431 g/mol. The zero-order valence-corrected chi connectivity index (χ0v) is 18.3. The molecule has 0 amide bonds. The number of hydrogen-bond donors (Lipinski definition) is 0. The van der Waals surface area contributed by atoms with Gasteiger partial charge < -0.3 is 0 Å². The summed E-state index contributed by atoms with van der Waals surface area (Å²) in [5.74, 6) is -0.139. The highest BCUT2D eigenvalue weighted by atomic mass is 16.2. The maximum atomic E-state index is 12.9. The first kappa shape index (κ1) is 21.4. The van der Waals surface area contributed by atoms with E-state index in [-0.39, 0.29) is 11.6 Å². The van der Waals surface area contributed by atoms with Crippen LogP contribution in [0.25, 0.3) is 16.8 Å². The van der Waals surface area contributed by atoms with Crippen LogP contribution in [0.4, 0.5) is 0 Å². The molecule has 0 fully saturated rings. The van der Waals surface area contributed by atoms with Crippen LogP contribution in [-0.4, -0.2) is 35.2 Å². The molecule has 8 nitrogen and oxygen atoms in total. The average Bonchev–Trinajstić information content (AvgIpc) is 3.47. The number of carbonyl (C=O) groups excluding carboxylic acids is 1. The fourth-order valence-electron chi connectivity index (χ4n) is 3.77. The lowest BCUT2D eigenvalue weighted by atomic mass is 10.0. The number of tetrazole rings is 1. The quantitative estimate of drug-likeness (QED) is 0.425. The lowest BCUT2D eigenvalue weighted by molar-refractivity contribution is 0.0894. The van der Waals surface area contributed by atoms with E-state index < -0.39 is 0 Å². The van der Waals surface area contributed by atoms with Crippen LogP contribution in [0.1, 0.15) is 49.2 Å². The molecule has 0 saturated carbocycles. The Labute approximate surface area is 186 Å². The summed E-state index contributed by atoms with van der Waals surface area (Å²) in [4.78, 5) is 25.3. The Hall–Kier alpha value is -3.81. The minimum absolute atomic E-state index is 0.139. The first-order valence-corrected chi connectivity index (χ1v) is 10.9. The molecule has 0 atom stereocenters. The number of unbranched alkanes of at least 4 members (excludes halogenated alkanes) is 1. The van der Waals surface area contributed by atoms with E-state index in [2.05, 4.69) is 15.5 Å². The summed E-state index contributed by atoms with van der Waals surface area (Å²) in [7, 11) is 0. The normalized spacial score (nSPS) is 11.1. The molecule has 0 bridgehead atoms. The van der Waals surface area contributed by atoms with E-state index in [1.807, 2.05) is 62.4 Å². The second-order valence-electron chi connectivity index (χ2n) is 7.68. The van der Waals surface area contributed by atoms with Gasteiger partial charge in [0.05, 0.1) is 12.2 Å². The number of benzene rings is 2. The SMILES string of the molecule is CCCCC(=O)n1cc(CC)n(Cc2ccc(-c3ccccc3-n3cnnn3)cc2)c1=O. The van der Waals surface area contributed by atoms with E-state index in [1.54, 1.807) is 21.8 Å². The topological polar surface area (TPSA) is 87.6 Å². The number of carbonyl (C=O) groups is 1. The van der Waals surface area contributed by atoms with Gasteiger partial charge >= 0.3 is 5.69 Å². The summed E-state index contributed by atoms with van der Waals surface area (Å²) in [6, 6.07) is 16.0. The van der Waals surface area contributed by atoms with Gasteiger partial charge in [-0.1, -0.05) is 62.7 Å². The Morgan fingerprint density at radius 3 is 2.50 bits per heavy atom. The third-order valence-electron chi connectivity index (χ3n) is 5.54. The van der Waals surface area contributed by atoms with Gasteiger partial charge in [-0.05, 0) is 40.5 Å². The van der Waals surface area contributed by atoms with Crippen molar-refractivity contribution in [2.24, 2.45) is 0 Å². The summed E-state index contributed by atoms with van der Waals surface area (Å²) in [5.41, 5.74) is 4.49. The largest absolute Gasteiger partial charge is 0.335 e. The van der Waals surface area contributed by atoms with Crippen molar-refractivity contribution in [2.75, 3.05) is 0 Å². The number of aromatic nitrogens is 6. The van der Waals surface area contributed by atoms with E-state index in [9.17, 15) is 9.59 Å². The third-order valence-corrected chi connectivity index (χ3v) is 5.54. The molecule has 4 rings (SSSR count). The molecular formula is C24H26N6O2. The minimum atomic E-state index is -0.268.